The van der Waals surface area contributed by atoms with Gasteiger partial charge in [0.15, 0.2) is 5.13 Å². The Morgan fingerprint density at radius 2 is 2.12 bits per heavy atom. The highest BCUT2D eigenvalue weighted by Gasteiger charge is 2.11. The van der Waals surface area contributed by atoms with Crippen LogP contribution in [0.25, 0.3) is 0 Å². The summed E-state index contributed by atoms with van der Waals surface area (Å²) in [7, 11) is 0. The van der Waals surface area contributed by atoms with E-state index in [9.17, 15) is 0 Å². The number of rotatable bonds is 1. The second-order valence-corrected chi connectivity index (χ2v) is 4.65. The smallest absolute Gasteiger partial charge is 0.185 e. The summed E-state index contributed by atoms with van der Waals surface area (Å²) in [6.07, 6.45) is 8.69. The van der Waals surface area contributed by atoms with Crippen LogP contribution in [0, 0.1) is 0 Å². The van der Waals surface area contributed by atoms with Gasteiger partial charge >= 0.3 is 0 Å². The minimum atomic E-state index is 0.778. The Morgan fingerprint density at radius 1 is 1.25 bits per heavy atom. The minimum absolute atomic E-state index is 0.778. The zero-order chi connectivity index (χ0) is 11.1. The fourth-order valence-corrected chi connectivity index (χ4v) is 2.42. The molecule has 5 heteroatoms. The lowest BCUT2D eigenvalue weighted by Gasteiger charge is -2.25. The number of aromatic nitrogens is 1. The third-order valence-corrected chi connectivity index (χ3v) is 3.37. The summed E-state index contributed by atoms with van der Waals surface area (Å²) in [6.45, 7) is 3.18. The Kier molecular flexibility index (Phi) is 4.61. The molecule has 0 unspecified atom stereocenters. The van der Waals surface area contributed by atoms with Gasteiger partial charge in [-0.05, 0) is 19.3 Å². The lowest BCUT2D eigenvalue weighted by Crippen LogP contribution is -2.29. The molecule has 2 aliphatic rings. The van der Waals surface area contributed by atoms with Crippen LogP contribution in [-0.4, -0.2) is 30.9 Å². The number of anilines is 1. The van der Waals surface area contributed by atoms with E-state index in [1.165, 1.54) is 37.5 Å². The predicted molar refractivity (Wildman–Crippen MR) is 67.2 cm³/mol. The molecule has 1 aromatic heterocycles. The van der Waals surface area contributed by atoms with E-state index < -0.39 is 0 Å². The molecule has 0 aromatic carbocycles. The van der Waals surface area contributed by atoms with Gasteiger partial charge in [-0.25, -0.2) is 4.98 Å². The summed E-state index contributed by atoms with van der Waals surface area (Å²) in [6, 6.07) is 0. The summed E-state index contributed by atoms with van der Waals surface area (Å²) in [5, 5.41) is 6.70. The van der Waals surface area contributed by atoms with Crippen LogP contribution >= 0.6 is 11.3 Å². The van der Waals surface area contributed by atoms with Gasteiger partial charge in [0.2, 0.25) is 0 Å². The summed E-state index contributed by atoms with van der Waals surface area (Å²) in [4.78, 5) is 11.2. The fourth-order valence-electron chi connectivity index (χ4n) is 1.72. The average molecular weight is 239 g/mol. The monoisotopic (exact) mass is 239 g/mol. The summed E-state index contributed by atoms with van der Waals surface area (Å²) < 4.78 is 0. The Balaban J connectivity index is 0.000000162. The van der Waals surface area contributed by atoms with E-state index in [1.807, 2.05) is 11.6 Å². The molecule has 0 spiro atoms. The van der Waals surface area contributed by atoms with Crippen LogP contribution in [0.1, 0.15) is 25.7 Å². The molecule has 3 heterocycles. The van der Waals surface area contributed by atoms with Crippen molar-refractivity contribution in [2.75, 3.05) is 24.6 Å². The highest BCUT2D eigenvalue weighted by atomic mass is 32.1. The van der Waals surface area contributed by atoms with Crippen molar-refractivity contribution in [1.29, 1.82) is 0 Å². The Labute approximate surface area is 99.9 Å². The molecule has 88 valence electrons. The maximum Gasteiger partial charge on any atom is 0.185 e. The molecule has 0 aliphatic carbocycles. The number of hydrogen-bond acceptors (Lipinski definition) is 5. The number of oxime groups is 1. The third-order valence-electron chi connectivity index (χ3n) is 2.53. The molecule has 0 atom stereocenters. The van der Waals surface area contributed by atoms with Gasteiger partial charge in [-0.3, -0.25) is 0 Å². The second kappa shape index (κ2) is 6.48. The van der Waals surface area contributed by atoms with E-state index >= 15 is 0 Å². The summed E-state index contributed by atoms with van der Waals surface area (Å²) in [5.74, 6) is 0. The largest absolute Gasteiger partial charge is 0.396 e. The maximum atomic E-state index is 4.51. The maximum absolute atomic E-state index is 4.51. The Hall–Kier alpha value is -1.10. The van der Waals surface area contributed by atoms with Crippen molar-refractivity contribution in [3.63, 3.8) is 0 Å². The molecule has 1 fully saturated rings. The van der Waals surface area contributed by atoms with E-state index in [-0.39, 0.29) is 0 Å². The molecule has 0 amide bonds. The molecule has 4 nitrogen and oxygen atoms in total. The zero-order valence-electron chi connectivity index (χ0n) is 9.34. The Bertz CT molecular complexity index is 301. The van der Waals surface area contributed by atoms with E-state index in [2.05, 4.69) is 19.9 Å². The quantitative estimate of drug-likeness (QED) is 0.755. The molecular formula is C11H17N3OS. The highest BCUT2D eigenvalue weighted by Crippen LogP contribution is 2.21. The van der Waals surface area contributed by atoms with Crippen molar-refractivity contribution in [1.82, 2.24) is 4.98 Å². The number of thiazole rings is 1. The molecule has 0 radical (unpaired) electrons. The first-order valence-corrected chi connectivity index (χ1v) is 6.63. The minimum Gasteiger partial charge on any atom is -0.396 e. The zero-order valence-corrected chi connectivity index (χ0v) is 10.2. The van der Waals surface area contributed by atoms with Crippen LogP contribution in [-0.2, 0) is 4.84 Å². The lowest BCUT2D eigenvalue weighted by molar-refractivity contribution is 0.174. The van der Waals surface area contributed by atoms with Crippen LogP contribution in [0.3, 0.4) is 0 Å². The van der Waals surface area contributed by atoms with Crippen molar-refractivity contribution in [3.8, 4) is 0 Å². The van der Waals surface area contributed by atoms with Crippen LogP contribution in [0.4, 0.5) is 5.13 Å². The van der Waals surface area contributed by atoms with Gasteiger partial charge in [0.25, 0.3) is 0 Å². The van der Waals surface area contributed by atoms with Crippen LogP contribution in [0.2, 0.25) is 0 Å². The third kappa shape index (κ3) is 3.48. The second-order valence-electron chi connectivity index (χ2n) is 3.77. The molecule has 1 aromatic rings. The highest BCUT2D eigenvalue weighted by molar-refractivity contribution is 7.13. The topological polar surface area (TPSA) is 37.7 Å². The average Bonchev–Trinajstić information content (AvgIpc) is 3.07. The first kappa shape index (κ1) is 11.4. The van der Waals surface area contributed by atoms with Gasteiger partial charge in [0.1, 0.15) is 6.61 Å². The van der Waals surface area contributed by atoms with Gasteiger partial charge in [0, 0.05) is 37.3 Å². The molecule has 16 heavy (non-hydrogen) atoms. The SMILES string of the molecule is C1=NOCC1.c1csc(N2CCCCC2)n1. The van der Waals surface area contributed by atoms with E-state index in [4.69, 9.17) is 0 Å². The number of hydrogen-bond donors (Lipinski definition) is 0. The van der Waals surface area contributed by atoms with Crippen molar-refractivity contribution >= 4 is 22.7 Å². The lowest BCUT2D eigenvalue weighted by atomic mass is 10.1. The van der Waals surface area contributed by atoms with E-state index in [0.29, 0.717) is 0 Å². The van der Waals surface area contributed by atoms with Gasteiger partial charge in [-0.15, -0.1) is 11.3 Å². The van der Waals surface area contributed by atoms with Crippen molar-refractivity contribution in [2.45, 2.75) is 25.7 Å². The summed E-state index contributed by atoms with van der Waals surface area (Å²) >= 11 is 1.74. The van der Waals surface area contributed by atoms with Gasteiger partial charge < -0.3 is 9.74 Å². The van der Waals surface area contributed by atoms with Gasteiger partial charge in [-0.1, -0.05) is 5.16 Å². The van der Waals surface area contributed by atoms with Crippen LogP contribution < -0.4 is 4.90 Å². The molecule has 1 saturated heterocycles. The molecule has 3 rings (SSSR count). The van der Waals surface area contributed by atoms with Gasteiger partial charge in [0.05, 0.1) is 0 Å². The van der Waals surface area contributed by atoms with Crippen molar-refractivity contribution in [2.24, 2.45) is 5.16 Å². The standard InChI is InChI=1S/C8H12N2S.C3H5NO/c1-2-5-10(6-3-1)8-9-4-7-11-8;1-2-4-5-3-1/h4,7H,1-3,5-6H2;2H,1,3H2. The normalized spacial score (nSPS) is 18.9. The summed E-state index contributed by atoms with van der Waals surface area (Å²) in [5.41, 5.74) is 0. The molecule has 0 saturated carbocycles. The number of nitrogens with zero attached hydrogens (tertiary/aromatic N) is 3. The number of piperidine rings is 1. The molecular weight excluding hydrogens is 222 g/mol. The van der Waals surface area contributed by atoms with Crippen molar-refractivity contribution in [3.05, 3.63) is 11.6 Å². The fraction of sp³-hybridized carbons (Fsp3) is 0.636. The Morgan fingerprint density at radius 3 is 2.62 bits per heavy atom. The van der Waals surface area contributed by atoms with Crippen LogP contribution in [0.15, 0.2) is 16.7 Å². The first-order chi connectivity index (χ1) is 7.97. The molecule has 0 N–H and O–H groups in total. The predicted octanol–water partition coefficient (Wildman–Crippen LogP) is 2.53. The van der Waals surface area contributed by atoms with E-state index in [1.54, 1.807) is 17.6 Å². The van der Waals surface area contributed by atoms with Crippen LogP contribution in [0.5, 0.6) is 0 Å². The molecule has 0 bridgehead atoms. The van der Waals surface area contributed by atoms with Crippen molar-refractivity contribution < 1.29 is 4.84 Å². The first-order valence-electron chi connectivity index (χ1n) is 5.75. The van der Waals surface area contributed by atoms with Gasteiger partial charge in [-0.2, -0.15) is 0 Å². The van der Waals surface area contributed by atoms with E-state index in [0.717, 1.165) is 13.0 Å². The molecule has 2 aliphatic heterocycles.